The van der Waals surface area contributed by atoms with E-state index >= 15 is 0 Å². The van der Waals surface area contributed by atoms with Crippen LogP contribution in [0.15, 0.2) is 72.4 Å². The highest BCUT2D eigenvalue weighted by atomic mass is 35.5. The van der Waals surface area contributed by atoms with Crippen molar-refractivity contribution in [3.8, 4) is 0 Å². The lowest BCUT2D eigenvalue weighted by atomic mass is 9.96. The second-order valence-electron chi connectivity index (χ2n) is 7.06. The highest BCUT2D eigenvalue weighted by molar-refractivity contribution is 7.23. The summed E-state index contributed by atoms with van der Waals surface area (Å²) in [6.07, 6.45) is 3.95. The van der Waals surface area contributed by atoms with E-state index in [1.54, 1.807) is 42.7 Å². The molecule has 3 rings (SSSR count). The summed E-state index contributed by atoms with van der Waals surface area (Å²) in [4.78, 5) is 16.6. The minimum Gasteiger partial charge on any atom is -0.326 e. The molecule has 158 valence electrons. The summed E-state index contributed by atoms with van der Waals surface area (Å²) >= 11 is 6.00. The molecule has 31 heavy (non-hydrogen) atoms. The number of aryl methyl sites for hydroxylation is 2. The summed E-state index contributed by atoms with van der Waals surface area (Å²) in [5.74, 6) is -0.707. The fraction of sp³-hybridized carbons (Fsp3) is 0.125. The summed E-state index contributed by atoms with van der Waals surface area (Å²) in [6, 6.07) is 15.4. The fourth-order valence-corrected chi connectivity index (χ4v) is 3.83. The van der Waals surface area contributed by atoms with Gasteiger partial charge in [0.15, 0.2) is 0 Å². The summed E-state index contributed by atoms with van der Waals surface area (Å²) in [5.41, 5.74) is 3.40. The average Bonchev–Trinajstić information content (AvgIpc) is 2.75. The molecule has 2 aromatic carbocycles. The van der Waals surface area contributed by atoms with Crippen LogP contribution in [-0.4, -0.2) is 16.6 Å². The molecule has 0 radical (unpaired) electrons. The number of nitrogens with one attached hydrogen (secondary N) is 2. The molecule has 0 saturated carbocycles. The van der Waals surface area contributed by atoms with Gasteiger partial charge in [0.25, 0.3) is 0 Å². The fourth-order valence-electron chi connectivity index (χ4n) is 3.14. The van der Waals surface area contributed by atoms with Gasteiger partial charge in [-0.3, -0.25) is 15.2 Å². The Bertz CT molecular complexity index is 1150. The first-order valence-electron chi connectivity index (χ1n) is 9.65. The van der Waals surface area contributed by atoms with E-state index in [1.807, 2.05) is 25.1 Å². The third-order valence-corrected chi connectivity index (χ3v) is 5.35. The first-order valence-corrected chi connectivity index (χ1v) is 10.6. The van der Waals surface area contributed by atoms with Crippen LogP contribution in [0, 0.1) is 18.2 Å². The molecule has 1 heterocycles. The number of rotatable bonds is 7. The van der Waals surface area contributed by atoms with Gasteiger partial charge in [0.2, 0.25) is 5.91 Å². The Morgan fingerprint density at radius 3 is 2.61 bits per heavy atom. The lowest BCUT2D eigenvalue weighted by Crippen LogP contribution is -2.23. The molecule has 0 saturated heterocycles. The molecule has 3 aromatic rings. The van der Waals surface area contributed by atoms with Gasteiger partial charge in [-0.15, -0.1) is 0 Å². The molecular formula is C24H22ClFN3OP. The predicted octanol–water partition coefficient (Wildman–Crippen LogP) is 5.54. The number of nitrogens with zero attached hydrogens (tertiary/aromatic N) is 1. The molecule has 0 aliphatic heterocycles. The maximum absolute atomic E-state index is 14.5. The largest absolute Gasteiger partial charge is 0.326 e. The van der Waals surface area contributed by atoms with Crippen LogP contribution in [-0.2, 0) is 11.2 Å². The predicted molar refractivity (Wildman–Crippen MR) is 127 cm³/mol. The van der Waals surface area contributed by atoms with E-state index in [4.69, 9.17) is 17.0 Å². The zero-order chi connectivity index (χ0) is 22.4. The maximum Gasteiger partial charge on any atom is 0.224 e. The zero-order valence-corrected chi connectivity index (χ0v) is 18.9. The Morgan fingerprint density at radius 2 is 1.90 bits per heavy atom. The Hall–Kier alpha value is -2.88. The van der Waals surface area contributed by atoms with Crippen molar-refractivity contribution in [3.05, 3.63) is 106 Å². The third-order valence-electron chi connectivity index (χ3n) is 4.68. The number of carbonyl (C=O) groups is 1. The van der Waals surface area contributed by atoms with Gasteiger partial charge in [-0.2, -0.15) is 0 Å². The molecule has 1 amide bonds. The van der Waals surface area contributed by atoms with E-state index < -0.39 is 5.82 Å². The first kappa shape index (κ1) is 22.8. The minimum atomic E-state index is -0.493. The number of aromatic nitrogens is 1. The van der Waals surface area contributed by atoms with Crippen molar-refractivity contribution in [2.24, 2.45) is 0 Å². The highest BCUT2D eigenvalue weighted by Crippen LogP contribution is 2.27. The molecule has 2 N–H and O–H groups in total. The van der Waals surface area contributed by atoms with Gasteiger partial charge < -0.3 is 5.32 Å². The quantitative estimate of drug-likeness (QED) is 0.364. The van der Waals surface area contributed by atoms with Crippen molar-refractivity contribution in [2.75, 3.05) is 0 Å². The summed E-state index contributed by atoms with van der Waals surface area (Å²) in [5, 5.41) is 12.2. The van der Waals surface area contributed by atoms with Crippen LogP contribution in [0.3, 0.4) is 0 Å². The van der Waals surface area contributed by atoms with Crippen LogP contribution in [0.25, 0.3) is 5.57 Å². The average molecular weight is 454 g/mol. The molecule has 0 bridgehead atoms. The second-order valence-corrected chi connectivity index (χ2v) is 8.07. The van der Waals surface area contributed by atoms with E-state index in [0.29, 0.717) is 28.0 Å². The summed E-state index contributed by atoms with van der Waals surface area (Å²) < 4.78 is 14.5. The number of benzene rings is 2. The van der Waals surface area contributed by atoms with Crippen LogP contribution in [0.4, 0.5) is 4.39 Å². The monoisotopic (exact) mass is 453 g/mol. The van der Waals surface area contributed by atoms with Gasteiger partial charge in [0, 0.05) is 40.4 Å². The Balaban J connectivity index is 1.88. The van der Waals surface area contributed by atoms with Gasteiger partial charge in [0.05, 0.1) is 5.71 Å². The van der Waals surface area contributed by atoms with Crippen molar-refractivity contribution >= 4 is 38.0 Å². The van der Waals surface area contributed by atoms with Crippen molar-refractivity contribution in [1.82, 2.24) is 10.3 Å². The van der Waals surface area contributed by atoms with Crippen molar-refractivity contribution in [1.29, 1.82) is 5.41 Å². The van der Waals surface area contributed by atoms with Crippen molar-refractivity contribution in [3.63, 3.8) is 0 Å². The topological polar surface area (TPSA) is 65.8 Å². The van der Waals surface area contributed by atoms with Crippen LogP contribution >= 0.6 is 20.8 Å². The molecule has 1 unspecified atom stereocenters. The number of allylic oxidation sites excluding steroid dienone is 1. The molecule has 1 atom stereocenters. The number of amides is 1. The molecule has 0 fully saturated rings. The number of hydrogen-bond donors (Lipinski definition) is 2. The molecular weight excluding hydrogens is 432 g/mol. The number of halogens is 2. The molecule has 7 heteroatoms. The van der Waals surface area contributed by atoms with Crippen LogP contribution in [0.2, 0.25) is 5.02 Å². The smallest absolute Gasteiger partial charge is 0.224 e. The molecule has 4 nitrogen and oxygen atoms in total. The van der Waals surface area contributed by atoms with Crippen LogP contribution in [0.1, 0.15) is 28.7 Å². The summed E-state index contributed by atoms with van der Waals surface area (Å²) in [6.45, 7) is 1.84. The lowest BCUT2D eigenvalue weighted by molar-refractivity contribution is -0.120. The van der Waals surface area contributed by atoms with Crippen molar-refractivity contribution < 1.29 is 9.18 Å². The van der Waals surface area contributed by atoms with E-state index in [1.165, 1.54) is 6.07 Å². The first-order chi connectivity index (χ1) is 14.8. The molecule has 0 spiro atoms. The standard InChI is InChI=1S/C24H22ClFN3OP/c1-15-5-7-20(26)19(13-15)23(27)22(17-9-11-28-12-10-17)24(31)29-21(30)8-6-16-3-2-4-18(25)14-16/h2-5,7,9-14,27H,6,8,31H2,1H3,(H,29,30)/b24-22-,27-23?. The number of pyridine rings is 1. The Kier molecular flexibility index (Phi) is 7.67. The normalized spacial score (nSPS) is 11.6. The Labute approximate surface area is 188 Å². The lowest BCUT2D eigenvalue weighted by Gasteiger charge is -2.16. The van der Waals surface area contributed by atoms with Gasteiger partial charge in [-0.1, -0.05) is 44.6 Å². The highest BCUT2D eigenvalue weighted by Gasteiger charge is 2.19. The van der Waals surface area contributed by atoms with E-state index in [-0.39, 0.29) is 23.6 Å². The zero-order valence-electron chi connectivity index (χ0n) is 17.0. The molecule has 0 aliphatic rings. The van der Waals surface area contributed by atoms with E-state index in [0.717, 1.165) is 11.1 Å². The van der Waals surface area contributed by atoms with Gasteiger partial charge >= 0.3 is 0 Å². The third kappa shape index (κ3) is 6.06. The molecule has 1 aromatic heterocycles. The van der Waals surface area contributed by atoms with Gasteiger partial charge in [-0.05, 0) is 60.9 Å². The van der Waals surface area contributed by atoms with Gasteiger partial charge in [-0.25, -0.2) is 4.39 Å². The summed E-state index contributed by atoms with van der Waals surface area (Å²) in [7, 11) is 2.47. The number of carbonyl (C=O) groups excluding carboxylic acids is 1. The van der Waals surface area contributed by atoms with Crippen LogP contribution in [0.5, 0.6) is 0 Å². The maximum atomic E-state index is 14.5. The second kappa shape index (κ2) is 10.4. The molecule has 0 aliphatic carbocycles. The van der Waals surface area contributed by atoms with Crippen molar-refractivity contribution in [2.45, 2.75) is 19.8 Å². The Morgan fingerprint density at radius 1 is 1.16 bits per heavy atom. The number of hydrogen-bond acceptors (Lipinski definition) is 3. The SMILES string of the molecule is Cc1ccc(F)c(C(=N)/C(=C(\P)NC(=O)CCc2cccc(Cl)c2)c2ccncc2)c1. The van der Waals surface area contributed by atoms with Gasteiger partial charge in [0.1, 0.15) is 5.82 Å². The van der Waals surface area contributed by atoms with E-state index in [9.17, 15) is 9.18 Å². The van der Waals surface area contributed by atoms with Crippen LogP contribution < -0.4 is 5.32 Å². The minimum absolute atomic E-state index is 0.0208. The van der Waals surface area contributed by atoms with E-state index in [2.05, 4.69) is 19.5 Å².